The lowest BCUT2D eigenvalue weighted by atomic mass is 10.1. The lowest BCUT2D eigenvalue weighted by Gasteiger charge is -2.15. The normalized spacial score (nSPS) is 11.1. The zero-order valence-corrected chi connectivity index (χ0v) is 16.1. The van der Waals surface area contributed by atoms with E-state index in [1.54, 1.807) is 0 Å². The first-order valence-electron chi connectivity index (χ1n) is 8.62. The molecule has 2 aromatic rings. The van der Waals surface area contributed by atoms with Gasteiger partial charge in [0.2, 0.25) is 0 Å². The van der Waals surface area contributed by atoms with Crippen molar-refractivity contribution in [3.63, 3.8) is 0 Å². The fraction of sp³-hybridized carbons (Fsp3) is 0.316. The first-order valence-corrected chi connectivity index (χ1v) is 8.62. The molecule has 0 bridgehead atoms. The van der Waals surface area contributed by atoms with E-state index in [-0.39, 0.29) is 36.1 Å². The molecular weight excluding hydrogens is 409 g/mol. The van der Waals surface area contributed by atoms with Gasteiger partial charge in [-0.3, -0.25) is 14.9 Å². The second-order valence-corrected chi connectivity index (χ2v) is 6.09. The van der Waals surface area contributed by atoms with Gasteiger partial charge in [0.05, 0.1) is 22.8 Å². The van der Waals surface area contributed by atoms with Crippen LogP contribution in [0.1, 0.15) is 11.1 Å². The molecule has 162 valence electrons. The molecule has 2 aromatic carbocycles. The van der Waals surface area contributed by atoms with Crippen LogP contribution in [0.5, 0.6) is 11.5 Å². The number of nitrogens with one attached hydrogen (secondary N) is 1. The summed E-state index contributed by atoms with van der Waals surface area (Å²) in [5, 5.41) is 13.2. The topological polar surface area (TPSA) is 99.9 Å². The van der Waals surface area contributed by atoms with Gasteiger partial charge in [-0.05, 0) is 37.3 Å². The number of nitrogens with zero attached hydrogens (tertiary/aromatic N) is 1. The number of amides is 1. The number of ether oxygens (including phenoxy) is 3. The minimum absolute atomic E-state index is 0.0413. The molecule has 1 N–H and O–H groups in total. The number of anilines is 1. The fourth-order valence-corrected chi connectivity index (χ4v) is 2.42. The molecule has 0 aliphatic heterocycles. The molecule has 8 nitrogen and oxygen atoms in total. The van der Waals surface area contributed by atoms with Crippen molar-refractivity contribution < 1.29 is 37.1 Å². The lowest BCUT2D eigenvalue weighted by Crippen LogP contribution is -2.21. The van der Waals surface area contributed by atoms with E-state index < -0.39 is 29.2 Å². The number of methoxy groups -OCH3 is 1. The highest BCUT2D eigenvalue weighted by Gasteiger charge is 2.31. The second-order valence-electron chi connectivity index (χ2n) is 6.09. The van der Waals surface area contributed by atoms with Crippen LogP contribution in [0.25, 0.3) is 0 Å². The molecule has 0 aliphatic carbocycles. The summed E-state index contributed by atoms with van der Waals surface area (Å²) in [5.41, 5.74) is -0.892. The van der Waals surface area contributed by atoms with Crippen LogP contribution in [0.3, 0.4) is 0 Å². The Morgan fingerprint density at radius 1 is 1.13 bits per heavy atom. The summed E-state index contributed by atoms with van der Waals surface area (Å²) >= 11 is 0. The Hall–Kier alpha value is -3.34. The number of halogens is 3. The molecule has 0 saturated heterocycles. The summed E-state index contributed by atoms with van der Waals surface area (Å²) in [6.07, 6.45) is -4.60. The predicted molar refractivity (Wildman–Crippen MR) is 101 cm³/mol. The molecule has 0 atom stereocenters. The highest BCUT2D eigenvalue weighted by molar-refractivity contribution is 5.93. The van der Waals surface area contributed by atoms with Gasteiger partial charge in [-0.25, -0.2) is 0 Å². The molecule has 0 spiro atoms. The van der Waals surface area contributed by atoms with Gasteiger partial charge in [-0.2, -0.15) is 13.2 Å². The smallest absolute Gasteiger partial charge is 0.416 e. The first kappa shape index (κ1) is 22.9. The standard InChI is InChI=1S/C19H19F3N2O6/c1-12-9-14(4-5-16(12)24(26)27)30-11-18(25)23-15-10-13(19(20,21)22)3-6-17(15)29-8-7-28-2/h3-6,9-10H,7-8,11H2,1-2H3,(H,23,25). The van der Waals surface area contributed by atoms with Gasteiger partial charge in [-0.15, -0.1) is 0 Å². The molecule has 0 fully saturated rings. The van der Waals surface area contributed by atoms with E-state index in [2.05, 4.69) is 5.32 Å². The van der Waals surface area contributed by atoms with Crippen LogP contribution in [0, 0.1) is 17.0 Å². The first-order chi connectivity index (χ1) is 14.1. The average Bonchev–Trinajstić information content (AvgIpc) is 2.66. The molecule has 0 radical (unpaired) electrons. The number of rotatable bonds is 9. The van der Waals surface area contributed by atoms with E-state index in [0.717, 1.165) is 18.2 Å². The summed E-state index contributed by atoms with van der Waals surface area (Å²) in [6, 6.07) is 6.65. The van der Waals surface area contributed by atoms with E-state index in [1.165, 1.54) is 32.2 Å². The van der Waals surface area contributed by atoms with Gasteiger partial charge in [0.15, 0.2) is 6.61 Å². The van der Waals surface area contributed by atoms with E-state index in [1.807, 2.05) is 0 Å². The molecule has 30 heavy (non-hydrogen) atoms. The van der Waals surface area contributed by atoms with Crippen LogP contribution in [-0.4, -0.2) is 37.8 Å². The van der Waals surface area contributed by atoms with Crippen molar-refractivity contribution in [1.29, 1.82) is 0 Å². The third-order valence-electron chi connectivity index (χ3n) is 3.86. The Labute approximate surface area is 169 Å². The highest BCUT2D eigenvalue weighted by atomic mass is 19.4. The van der Waals surface area contributed by atoms with Crippen molar-refractivity contribution >= 4 is 17.3 Å². The van der Waals surface area contributed by atoms with Crippen LogP contribution < -0.4 is 14.8 Å². The van der Waals surface area contributed by atoms with Crippen molar-refractivity contribution in [3.05, 3.63) is 57.6 Å². The molecule has 0 saturated carbocycles. The Balaban J connectivity index is 2.10. The van der Waals surface area contributed by atoms with Crippen molar-refractivity contribution in [2.75, 3.05) is 32.2 Å². The maximum absolute atomic E-state index is 13.0. The van der Waals surface area contributed by atoms with Gasteiger partial charge in [0, 0.05) is 18.7 Å². The molecular formula is C19H19F3N2O6. The summed E-state index contributed by atoms with van der Waals surface area (Å²) in [5.74, 6) is -0.490. The Morgan fingerprint density at radius 3 is 2.47 bits per heavy atom. The second kappa shape index (κ2) is 9.92. The third kappa shape index (κ3) is 6.34. The van der Waals surface area contributed by atoms with Crippen LogP contribution in [-0.2, 0) is 15.7 Å². The minimum atomic E-state index is -4.60. The fourth-order valence-electron chi connectivity index (χ4n) is 2.42. The number of alkyl halides is 3. The molecule has 0 aliphatic rings. The molecule has 0 aromatic heterocycles. The SMILES string of the molecule is COCCOc1ccc(C(F)(F)F)cc1NC(=O)COc1ccc([N+](=O)[O-])c(C)c1. The van der Waals surface area contributed by atoms with Gasteiger partial charge in [0.1, 0.15) is 18.1 Å². The van der Waals surface area contributed by atoms with E-state index in [0.29, 0.717) is 5.56 Å². The Bertz CT molecular complexity index is 918. The summed E-state index contributed by atoms with van der Waals surface area (Å²) < 4.78 is 54.4. The average molecular weight is 428 g/mol. The molecule has 0 heterocycles. The zero-order valence-electron chi connectivity index (χ0n) is 16.1. The van der Waals surface area contributed by atoms with Crippen LogP contribution in [0.2, 0.25) is 0 Å². The Morgan fingerprint density at radius 2 is 1.87 bits per heavy atom. The molecule has 2 rings (SSSR count). The number of carbonyl (C=O) groups is 1. The number of nitro groups is 1. The third-order valence-corrected chi connectivity index (χ3v) is 3.86. The number of nitro benzene ring substituents is 1. The van der Waals surface area contributed by atoms with Crippen molar-refractivity contribution in [2.45, 2.75) is 13.1 Å². The minimum Gasteiger partial charge on any atom is -0.489 e. The number of hydrogen-bond donors (Lipinski definition) is 1. The van der Waals surface area contributed by atoms with E-state index in [9.17, 15) is 28.1 Å². The zero-order chi connectivity index (χ0) is 22.3. The predicted octanol–water partition coefficient (Wildman–Crippen LogP) is 3.96. The number of hydrogen-bond acceptors (Lipinski definition) is 6. The highest BCUT2D eigenvalue weighted by Crippen LogP contribution is 2.35. The quantitative estimate of drug-likeness (QED) is 0.369. The van der Waals surface area contributed by atoms with Gasteiger partial charge in [-0.1, -0.05) is 0 Å². The monoisotopic (exact) mass is 428 g/mol. The van der Waals surface area contributed by atoms with Crippen LogP contribution in [0.15, 0.2) is 36.4 Å². The van der Waals surface area contributed by atoms with Crippen LogP contribution >= 0.6 is 0 Å². The molecule has 0 unspecified atom stereocenters. The largest absolute Gasteiger partial charge is 0.489 e. The molecule has 11 heteroatoms. The Kier molecular flexibility index (Phi) is 7.59. The van der Waals surface area contributed by atoms with Crippen molar-refractivity contribution in [3.8, 4) is 11.5 Å². The van der Waals surface area contributed by atoms with Crippen molar-refractivity contribution in [2.24, 2.45) is 0 Å². The number of aryl methyl sites for hydroxylation is 1. The maximum atomic E-state index is 13.0. The summed E-state index contributed by atoms with van der Waals surface area (Å²) in [4.78, 5) is 22.5. The van der Waals surface area contributed by atoms with E-state index >= 15 is 0 Å². The van der Waals surface area contributed by atoms with E-state index in [4.69, 9.17) is 14.2 Å². The lowest BCUT2D eigenvalue weighted by molar-refractivity contribution is -0.385. The summed E-state index contributed by atoms with van der Waals surface area (Å²) in [7, 11) is 1.44. The molecule has 1 amide bonds. The maximum Gasteiger partial charge on any atom is 0.416 e. The van der Waals surface area contributed by atoms with Gasteiger partial charge < -0.3 is 19.5 Å². The summed E-state index contributed by atoms with van der Waals surface area (Å²) in [6.45, 7) is 1.27. The van der Waals surface area contributed by atoms with Crippen molar-refractivity contribution in [1.82, 2.24) is 0 Å². The van der Waals surface area contributed by atoms with Crippen LogP contribution in [0.4, 0.5) is 24.5 Å². The van der Waals surface area contributed by atoms with Gasteiger partial charge >= 0.3 is 6.18 Å². The van der Waals surface area contributed by atoms with Gasteiger partial charge in [0.25, 0.3) is 11.6 Å². The number of benzene rings is 2. The number of carbonyl (C=O) groups excluding carboxylic acids is 1.